The first kappa shape index (κ1) is 24.2. The van der Waals surface area contributed by atoms with Crippen LogP contribution in [-0.2, 0) is 17.9 Å². The number of halogens is 2. The molecule has 0 bridgehead atoms. The molecule has 0 aliphatic heterocycles. The Kier molecular flexibility index (Phi) is 7.89. The van der Waals surface area contributed by atoms with Crippen molar-refractivity contribution in [2.24, 2.45) is 0 Å². The second kappa shape index (κ2) is 11.4. The standard InChI is InChI=1S/C26H22F2N4O2S/c1-2-16-32-23(17-34-22-11-7-6-10-21(22)28)30-31-26(32)35-24(18-8-4-3-5-9-18)25(33)29-20-14-12-19(27)13-15-20/h2-15,24H,1,16-17H2,(H,29,33). The van der Waals surface area contributed by atoms with Crippen LogP contribution in [0.2, 0.25) is 0 Å². The van der Waals surface area contributed by atoms with Crippen molar-refractivity contribution in [2.45, 2.75) is 23.6 Å². The van der Waals surface area contributed by atoms with E-state index in [2.05, 4.69) is 22.1 Å². The van der Waals surface area contributed by atoms with Gasteiger partial charge < -0.3 is 10.1 Å². The van der Waals surface area contributed by atoms with Crippen molar-refractivity contribution in [3.63, 3.8) is 0 Å². The number of benzene rings is 3. The van der Waals surface area contributed by atoms with Crippen LogP contribution in [0.1, 0.15) is 16.6 Å². The highest BCUT2D eigenvalue weighted by molar-refractivity contribution is 8.00. The molecule has 1 unspecified atom stereocenters. The summed E-state index contributed by atoms with van der Waals surface area (Å²) in [7, 11) is 0. The van der Waals surface area contributed by atoms with Crippen LogP contribution in [0.4, 0.5) is 14.5 Å². The fourth-order valence-electron chi connectivity index (χ4n) is 3.28. The topological polar surface area (TPSA) is 69.0 Å². The fourth-order valence-corrected chi connectivity index (χ4v) is 4.34. The third-order valence-corrected chi connectivity index (χ3v) is 6.21. The van der Waals surface area contributed by atoms with Gasteiger partial charge in [-0.1, -0.05) is 60.3 Å². The molecule has 1 aromatic heterocycles. The Morgan fingerprint density at radius 3 is 2.46 bits per heavy atom. The molecule has 178 valence electrons. The molecule has 4 rings (SSSR count). The number of hydrogen-bond acceptors (Lipinski definition) is 5. The van der Waals surface area contributed by atoms with Gasteiger partial charge in [-0.15, -0.1) is 16.8 Å². The molecule has 6 nitrogen and oxygen atoms in total. The van der Waals surface area contributed by atoms with Crippen molar-refractivity contribution in [1.82, 2.24) is 14.8 Å². The molecule has 9 heteroatoms. The number of anilines is 1. The molecule has 0 radical (unpaired) electrons. The molecule has 3 aromatic carbocycles. The number of thioether (sulfide) groups is 1. The predicted molar refractivity (Wildman–Crippen MR) is 131 cm³/mol. The van der Waals surface area contributed by atoms with Gasteiger partial charge in [0.25, 0.3) is 0 Å². The molecular weight excluding hydrogens is 470 g/mol. The van der Waals surface area contributed by atoms with Gasteiger partial charge in [0.15, 0.2) is 22.5 Å². The number of para-hydroxylation sites is 1. The molecule has 1 atom stereocenters. The van der Waals surface area contributed by atoms with Gasteiger partial charge in [0.1, 0.15) is 17.7 Å². The van der Waals surface area contributed by atoms with Crippen molar-refractivity contribution < 1.29 is 18.3 Å². The van der Waals surface area contributed by atoms with Crippen LogP contribution in [0.5, 0.6) is 5.75 Å². The van der Waals surface area contributed by atoms with E-state index in [0.717, 1.165) is 5.56 Å². The van der Waals surface area contributed by atoms with E-state index < -0.39 is 11.1 Å². The van der Waals surface area contributed by atoms with E-state index in [1.807, 2.05) is 30.3 Å². The lowest BCUT2D eigenvalue weighted by Gasteiger charge is -2.17. The van der Waals surface area contributed by atoms with E-state index in [4.69, 9.17) is 4.74 Å². The maximum atomic E-state index is 13.9. The Balaban J connectivity index is 1.58. The van der Waals surface area contributed by atoms with Crippen LogP contribution in [0.15, 0.2) is 96.7 Å². The van der Waals surface area contributed by atoms with Crippen molar-refractivity contribution in [1.29, 1.82) is 0 Å². The second-order valence-corrected chi connectivity index (χ2v) is 8.49. The number of ether oxygens (including phenoxy) is 1. The van der Waals surface area contributed by atoms with E-state index >= 15 is 0 Å². The number of rotatable bonds is 10. The van der Waals surface area contributed by atoms with E-state index in [0.29, 0.717) is 23.2 Å². The zero-order valence-electron chi connectivity index (χ0n) is 18.6. The van der Waals surface area contributed by atoms with Gasteiger partial charge >= 0.3 is 0 Å². The summed E-state index contributed by atoms with van der Waals surface area (Å²) in [6, 6.07) is 20.9. The average molecular weight is 493 g/mol. The summed E-state index contributed by atoms with van der Waals surface area (Å²) in [6.45, 7) is 4.14. The molecule has 0 aliphatic carbocycles. The summed E-state index contributed by atoms with van der Waals surface area (Å²) in [4.78, 5) is 13.3. The maximum Gasteiger partial charge on any atom is 0.242 e. The Bertz CT molecular complexity index is 1300. The number of aromatic nitrogens is 3. The van der Waals surface area contributed by atoms with Crippen molar-refractivity contribution in [3.8, 4) is 5.75 Å². The van der Waals surface area contributed by atoms with Gasteiger partial charge in [-0.05, 0) is 42.0 Å². The van der Waals surface area contributed by atoms with Crippen molar-refractivity contribution in [3.05, 3.63) is 115 Å². The van der Waals surface area contributed by atoms with Gasteiger partial charge in [-0.2, -0.15) is 0 Å². The lowest BCUT2D eigenvalue weighted by atomic mass is 10.1. The van der Waals surface area contributed by atoms with Crippen LogP contribution in [0.25, 0.3) is 0 Å². The third kappa shape index (κ3) is 6.13. The Morgan fingerprint density at radius 1 is 1.03 bits per heavy atom. The number of nitrogens with zero attached hydrogens (tertiary/aromatic N) is 3. The Hall–Kier alpha value is -3.98. The average Bonchev–Trinajstić information content (AvgIpc) is 3.25. The van der Waals surface area contributed by atoms with Gasteiger partial charge in [0, 0.05) is 12.2 Å². The van der Waals surface area contributed by atoms with Gasteiger partial charge in [0.05, 0.1) is 0 Å². The molecule has 0 saturated carbocycles. The predicted octanol–water partition coefficient (Wildman–Crippen LogP) is 5.79. The number of allylic oxidation sites excluding steroid dienone is 1. The van der Waals surface area contributed by atoms with Crippen molar-refractivity contribution in [2.75, 3.05) is 5.32 Å². The molecule has 0 spiro atoms. The van der Waals surface area contributed by atoms with Crippen LogP contribution < -0.4 is 10.1 Å². The van der Waals surface area contributed by atoms with E-state index in [9.17, 15) is 13.6 Å². The Labute approximate surface area is 205 Å². The maximum absolute atomic E-state index is 13.9. The van der Waals surface area contributed by atoms with Crippen LogP contribution in [-0.4, -0.2) is 20.7 Å². The van der Waals surface area contributed by atoms with E-state index in [-0.39, 0.29) is 24.1 Å². The molecule has 0 fully saturated rings. The smallest absolute Gasteiger partial charge is 0.242 e. The molecule has 4 aromatic rings. The normalized spacial score (nSPS) is 11.6. The first-order valence-electron chi connectivity index (χ1n) is 10.7. The number of hydrogen-bond donors (Lipinski definition) is 1. The highest BCUT2D eigenvalue weighted by Crippen LogP contribution is 2.36. The van der Waals surface area contributed by atoms with Gasteiger partial charge in [-0.3, -0.25) is 9.36 Å². The van der Waals surface area contributed by atoms with Gasteiger partial charge in [0.2, 0.25) is 5.91 Å². The first-order chi connectivity index (χ1) is 17.0. The largest absolute Gasteiger partial charge is 0.483 e. The Morgan fingerprint density at radius 2 is 1.74 bits per heavy atom. The monoisotopic (exact) mass is 492 g/mol. The first-order valence-corrected chi connectivity index (χ1v) is 11.6. The van der Waals surface area contributed by atoms with Crippen LogP contribution in [0, 0.1) is 11.6 Å². The highest BCUT2D eigenvalue weighted by atomic mass is 32.2. The summed E-state index contributed by atoms with van der Waals surface area (Å²) < 4.78 is 34.6. The summed E-state index contributed by atoms with van der Waals surface area (Å²) in [5, 5.41) is 11.1. The van der Waals surface area contributed by atoms with Crippen LogP contribution >= 0.6 is 11.8 Å². The molecule has 0 saturated heterocycles. The summed E-state index contributed by atoms with van der Waals surface area (Å²) >= 11 is 1.21. The molecule has 1 heterocycles. The minimum Gasteiger partial charge on any atom is -0.483 e. The lowest BCUT2D eigenvalue weighted by molar-refractivity contribution is -0.115. The SMILES string of the molecule is C=CCn1c(COc2ccccc2F)nnc1SC(C(=O)Nc1ccc(F)cc1)c1ccccc1. The minimum absolute atomic E-state index is 0.0138. The number of carbonyl (C=O) groups excluding carboxylic acids is 1. The van der Waals surface area contributed by atoms with E-state index in [1.165, 1.54) is 48.2 Å². The second-order valence-electron chi connectivity index (χ2n) is 7.42. The third-order valence-electron chi connectivity index (χ3n) is 4.97. The molecule has 1 N–H and O–H groups in total. The molecule has 0 aliphatic rings. The number of amides is 1. The summed E-state index contributed by atoms with van der Waals surface area (Å²) in [5.74, 6) is -0.597. The highest BCUT2D eigenvalue weighted by Gasteiger charge is 2.26. The zero-order valence-corrected chi connectivity index (χ0v) is 19.4. The molecule has 1 amide bonds. The fraction of sp³-hybridized carbons (Fsp3) is 0.115. The van der Waals surface area contributed by atoms with Crippen molar-refractivity contribution >= 4 is 23.4 Å². The van der Waals surface area contributed by atoms with Crippen LogP contribution in [0.3, 0.4) is 0 Å². The molecular formula is C26H22F2N4O2S. The molecule has 35 heavy (non-hydrogen) atoms. The quantitative estimate of drug-likeness (QED) is 0.224. The minimum atomic E-state index is -0.672. The number of nitrogens with one attached hydrogen (secondary N) is 1. The number of carbonyl (C=O) groups is 1. The summed E-state index contributed by atoms with van der Waals surface area (Å²) in [5.41, 5.74) is 1.24. The summed E-state index contributed by atoms with van der Waals surface area (Å²) in [6.07, 6.45) is 1.68. The lowest BCUT2D eigenvalue weighted by Crippen LogP contribution is -2.19. The zero-order chi connectivity index (χ0) is 24.6. The van der Waals surface area contributed by atoms with Gasteiger partial charge in [-0.25, -0.2) is 8.78 Å². The van der Waals surface area contributed by atoms with E-state index in [1.54, 1.807) is 22.8 Å².